The average molecular weight is 449 g/mol. The number of hydrogen-bond acceptors (Lipinski definition) is 4. The molecule has 1 atom stereocenters. The van der Waals surface area contributed by atoms with Crippen LogP contribution in [0.4, 0.5) is 0 Å². The summed E-state index contributed by atoms with van der Waals surface area (Å²) in [5.74, 6) is 0.983. The SMILES string of the molecule is C/C=C\C=C(/C)c1ccc(/C(C)=C/COc2ccc(OC(C)(CC)C(=O)OCC)cc2)cc1. The number of carbonyl (C=O) groups is 1. The van der Waals surface area contributed by atoms with Gasteiger partial charge in [-0.2, -0.15) is 0 Å². The van der Waals surface area contributed by atoms with Gasteiger partial charge in [0.1, 0.15) is 18.1 Å². The first-order valence-electron chi connectivity index (χ1n) is 11.5. The van der Waals surface area contributed by atoms with Crippen LogP contribution < -0.4 is 9.47 Å². The number of carbonyl (C=O) groups excluding carboxylic acids is 1. The number of hydrogen-bond donors (Lipinski definition) is 0. The maximum absolute atomic E-state index is 12.2. The summed E-state index contributed by atoms with van der Waals surface area (Å²) in [5.41, 5.74) is 3.77. The highest BCUT2D eigenvalue weighted by Crippen LogP contribution is 2.25. The Morgan fingerprint density at radius 2 is 1.48 bits per heavy atom. The maximum atomic E-state index is 12.2. The summed E-state index contributed by atoms with van der Waals surface area (Å²) < 4.78 is 16.9. The van der Waals surface area contributed by atoms with Crippen LogP contribution in [-0.4, -0.2) is 24.8 Å². The van der Waals surface area contributed by atoms with Crippen molar-refractivity contribution in [3.05, 3.63) is 84.0 Å². The minimum atomic E-state index is -1.01. The molecular weight excluding hydrogens is 412 g/mol. The van der Waals surface area contributed by atoms with Gasteiger partial charge in [0.25, 0.3) is 0 Å². The van der Waals surface area contributed by atoms with Crippen molar-refractivity contribution in [3.8, 4) is 11.5 Å². The third kappa shape index (κ3) is 7.67. The van der Waals surface area contributed by atoms with E-state index in [1.54, 1.807) is 26.0 Å². The average Bonchev–Trinajstić information content (AvgIpc) is 2.83. The topological polar surface area (TPSA) is 44.8 Å². The highest BCUT2D eigenvalue weighted by atomic mass is 16.6. The van der Waals surface area contributed by atoms with E-state index in [-0.39, 0.29) is 5.97 Å². The van der Waals surface area contributed by atoms with Gasteiger partial charge in [-0.05, 0) is 93.7 Å². The molecule has 176 valence electrons. The highest BCUT2D eigenvalue weighted by molar-refractivity contribution is 5.79. The second-order valence-corrected chi connectivity index (χ2v) is 8.03. The molecule has 4 heteroatoms. The Labute approximate surface area is 198 Å². The van der Waals surface area contributed by atoms with E-state index in [0.29, 0.717) is 25.4 Å². The summed E-state index contributed by atoms with van der Waals surface area (Å²) in [6.45, 7) is 12.4. The van der Waals surface area contributed by atoms with E-state index in [0.717, 1.165) is 11.3 Å². The molecule has 0 fully saturated rings. The van der Waals surface area contributed by atoms with Crippen molar-refractivity contribution in [2.75, 3.05) is 13.2 Å². The number of allylic oxidation sites excluding steroid dienone is 5. The molecular formula is C29H36O4. The van der Waals surface area contributed by atoms with Gasteiger partial charge < -0.3 is 14.2 Å². The fraction of sp³-hybridized carbons (Fsp3) is 0.345. The Bertz CT molecular complexity index is 981. The zero-order chi connectivity index (χ0) is 24.3. The molecule has 2 aromatic rings. The zero-order valence-corrected chi connectivity index (χ0v) is 20.7. The van der Waals surface area contributed by atoms with Crippen LogP contribution in [0.1, 0.15) is 59.1 Å². The Kier molecular flexibility index (Phi) is 9.99. The van der Waals surface area contributed by atoms with Gasteiger partial charge in [-0.3, -0.25) is 0 Å². The van der Waals surface area contributed by atoms with E-state index >= 15 is 0 Å². The normalized spacial score (nSPS) is 14.1. The van der Waals surface area contributed by atoms with Crippen molar-refractivity contribution in [2.45, 2.75) is 53.6 Å². The lowest BCUT2D eigenvalue weighted by molar-refractivity contribution is -0.160. The molecule has 4 nitrogen and oxygen atoms in total. The quantitative estimate of drug-likeness (QED) is 0.268. The molecule has 0 aliphatic rings. The van der Waals surface area contributed by atoms with E-state index < -0.39 is 5.60 Å². The minimum Gasteiger partial charge on any atom is -0.490 e. The maximum Gasteiger partial charge on any atom is 0.350 e. The first kappa shape index (κ1) is 26.0. The lowest BCUT2D eigenvalue weighted by atomic mass is 10.0. The Balaban J connectivity index is 1.95. The fourth-order valence-electron chi connectivity index (χ4n) is 3.12. The van der Waals surface area contributed by atoms with Crippen molar-refractivity contribution in [1.29, 1.82) is 0 Å². The fourth-order valence-corrected chi connectivity index (χ4v) is 3.12. The Morgan fingerprint density at radius 1 is 0.909 bits per heavy atom. The van der Waals surface area contributed by atoms with Crippen molar-refractivity contribution < 1.29 is 19.0 Å². The molecule has 1 unspecified atom stereocenters. The second-order valence-electron chi connectivity index (χ2n) is 8.03. The van der Waals surface area contributed by atoms with Gasteiger partial charge in [0.15, 0.2) is 0 Å². The molecule has 0 saturated carbocycles. The number of ether oxygens (including phenoxy) is 3. The molecule has 2 aromatic carbocycles. The minimum absolute atomic E-state index is 0.328. The smallest absolute Gasteiger partial charge is 0.350 e. The van der Waals surface area contributed by atoms with Crippen molar-refractivity contribution >= 4 is 17.1 Å². The number of benzene rings is 2. The Hall–Kier alpha value is -3.27. The van der Waals surface area contributed by atoms with Crippen molar-refractivity contribution in [2.24, 2.45) is 0 Å². The first-order valence-corrected chi connectivity index (χ1v) is 11.5. The summed E-state index contributed by atoms with van der Waals surface area (Å²) in [5, 5.41) is 0. The van der Waals surface area contributed by atoms with E-state index in [1.807, 2.05) is 38.1 Å². The van der Waals surface area contributed by atoms with Crippen molar-refractivity contribution in [1.82, 2.24) is 0 Å². The third-order valence-electron chi connectivity index (χ3n) is 5.52. The first-order chi connectivity index (χ1) is 15.8. The summed E-state index contributed by atoms with van der Waals surface area (Å²) in [6.07, 6.45) is 8.77. The van der Waals surface area contributed by atoms with Crippen LogP contribution >= 0.6 is 0 Å². The van der Waals surface area contributed by atoms with Crippen LogP contribution in [0.5, 0.6) is 11.5 Å². The molecule has 0 heterocycles. The van der Waals surface area contributed by atoms with E-state index in [2.05, 4.69) is 50.3 Å². The zero-order valence-electron chi connectivity index (χ0n) is 20.7. The molecule has 0 bridgehead atoms. The lowest BCUT2D eigenvalue weighted by Gasteiger charge is -2.27. The monoisotopic (exact) mass is 448 g/mol. The van der Waals surface area contributed by atoms with Crippen LogP contribution in [0, 0.1) is 0 Å². The summed E-state index contributed by atoms with van der Waals surface area (Å²) >= 11 is 0. The molecule has 0 aliphatic carbocycles. The number of rotatable bonds is 11. The molecule has 0 N–H and O–H groups in total. The molecule has 0 amide bonds. The predicted molar refractivity (Wildman–Crippen MR) is 136 cm³/mol. The van der Waals surface area contributed by atoms with Gasteiger partial charge in [0.05, 0.1) is 6.61 Å². The van der Waals surface area contributed by atoms with Crippen molar-refractivity contribution in [3.63, 3.8) is 0 Å². The standard InChI is InChI=1S/C29H36O4/c1-7-10-11-22(4)24-12-14-25(15-13-24)23(5)20-21-32-26-16-18-27(19-17-26)33-29(6,8-2)28(30)31-9-3/h7,10-20H,8-9,21H2,1-6H3/b10-7-,22-11+,23-20+. The molecule has 33 heavy (non-hydrogen) atoms. The van der Waals surface area contributed by atoms with E-state index in [1.165, 1.54) is 16.7 Å². The van der Waals surface area contributed by atoms with Crippen LogP contribution in [0.2, 0.25) is 0 Å². The van der Waals surface area contributed by atoms with Gasteiger partial charge in [-0.25, -0.2) is 4.79 Å². The summed E-state index contributed by atoms with van der Waals surface area (Å²) in [4.78, 5) is 12.2. The second kappa shape index (κ2) is 12.7. The van der Waals surface area contributed by atoms with Crippen LogP contribution in [0.15, 0.2) is 72.8 Å². The number of esters is 1. The lowest BCUT2D eigenvalue weighted by Crippen LogP contribution is -2.42. The van der Waals surface area contributed by atoms with Gasteiger partial charge in [-0.15, -0.1) is 0 Å². The molecule has 2 rings (SSSR count). The molecule has 0 spiro atoms. The molecule has 0 aliphatic heterocycles. The van der Waals surface area contributed by atoms with Crippen LogP contribution in [0.3, 0.4) is 0 Å². The molecule has 0 aromatic heterocycles. The van der Waals surface area contributed by atoms with Gasteiger partial charge >= 0.3 is 5.97 Å². The van der Waals surface area contributed by atoms with Gasteiger partial charge in [-0.1, -0.05) is 49.4 Å². The molecule has 0 saturated heterocycles. The highest BCUT2D eigenvalue weighted by Gasteiger charge is 2.35. The van der Waals surface area contributed by atoms with Crippen LogP contribution in [0.25, 0.3) is 11.1 Å². The predicted octanol–water partition coefficient (Wildman–Crippen LogP) is 7.26. The van der Waals surface area contributed by atoms with Gasteiger partial charge in [0, 0.05) is 0 Å². The third-order valence-corrected chi connectivity index (χ3v) is 5.52. The summed E-state index contributed by atoms with van der Waals surface area (Å²) in [7, 11) is 0. The van der Waals surface area contributed by atoms with Gasteiger partial charge in [0.2, 0.25) is 5.60 Å². The molecule has 0 radical (unpaired) electrons. The van der Waals surface area contributed by atoms with E-state index in [4.69, 9.17) is 14.2 Å². The summed E-state index contributed by atoms with van der Waals surface area (Å²) in [6, 6.07) is 15.8. The largest absolute Gasteiger partial charge is 0.490 e. The Morgan fingerprint density at radius 3 is 2.03 bits per heavy atom. The van der Waals surface area contributed by atoms with Crippen LogP contribution in [-0.2, 0) is 9.53 Å². The van der Waals surface area contributed by atoms with E-state index in [9.17, 15) is 4.79 Å².